The highest BCUT2D eigenvalue weighted by molar-refractivity contribution is 8.00. The number of aromatic nitrogens is 2. The van der Waals surface area contributed by atoms with Crippen LogP contribution in [0.1, 0.15) is 5.56 Å². The third-order valence-electron chi connectivity index (χ3n) is 2.97. The van der Waals surface area contributed by atoms with E-state index in [1.807, 2.05) is 54.6 Å². The number of hydrogen-bond donors (Lipinski definition) is 2. The molecule has 1 aromatic heterocycles. The van der Waals surface area contributed by atoms with E-state index in [2.05, 4.69) is 20.8 Å². The monoisotopic (exact) mass is 376 g/mol. The van der Waals surface area contributed by atoms with Crippen molar-refractivity contribution in [1.29, 1.82) is 0 Å². The molecule has 122 valence electrons. The number of urea groups is 1. The van der Waals surface area contributed by atoms with Gasteiger partial charge in [-0.2, -0.15) is 0 Å². The van der Waals surface area contributed by atoms with E-state index in [1.54, 1.807) is 0 Å². The Bertz CT molecular complexity index is 826. The molecule has 0 aliphatic rings. The van der Waals surface area contributed by atoms with Gasteiger partial charge in [-0.15, -0.1) is 10.2 Å². The lowest BCUT2D eigenvalue weighted by atomic mass is 10.2. The molecular weight excluding hydrogens is 364 g/mol. The number of nitrogens with zero attached hydrogens (tertiary/aromatic N) is 2. The van der Waals surface area contributed by atoms with Gasteiger partial charge in [0.25, 0.3) is 0 Å². The van der Waals surface area contributed by atoms with Gasteiger partial charge in [0.05, 0.1) is 0 Å². The van der Waals surface area contributed by atoms with Gasteiger partial charge in [0.1, 0.15) is 0 Å². The quantitative estimate of drug-likeness (QED) is 0.478. The highest BCUT2D eigenvalue weighted by Gasteiger charge is 2.09. The molecule has 5 nitrogen and oxygen atoms in total. The van der Waals surface area contributed by atoms with Gasteiger partial charge in [0, 0.05) is 16.5 Å². The molecule has 0 atom stereocenters. The average Bonchev–Trinajstić information content (AvgIpc) is 3.02. The standard InChI is InChI=1S/C16H13ClN4OS2/c17-13-9-5-4-6-11(13)10-23-16-21-20-15(24-16)19-14(22)18-12-7-2-1-3-8-12/h1-9H,10H2,(H2,18,19,20,22). The van der Waals surface area contributed by atoms with Gasteiger partial charge in [0.2, 0.25) is 5.13 Å². The molecule has 0 saturated heterocycles. The van der Waals surface area contributed by atoms with E-state index in [0.717, 1.165) is 14.9 Å². The van der Waals surface area contributed by atoms with Crippen LogP contribution in [0.5, 0.6) is 0 Å². The molecule has 0 aliphatic carbocycles. The van der Waals surface area contributed by atoms with Crippen LogP contribution in [0.4, 0.5) is 15.6 Å². The first-order chi connectivity index (χ1) is 11.7. The van der Waals surface area contributed by atoms with E-state index in [9.17, 15) is 4.79 Å². The molecule has 0 aliphatic heterocycles. The first-order valence-corrected chi connectivity index (χ1v) is 9.21. The average molecular weight is 377 g/mol. The summed E-state index contributed by atoms with van der Waals surface area (Å²) in [5.74, 6) is 0.699. The topological polar surface area (TPSA) is 66.9 Å². The minimum atomic E-state index is -0.347. The lowest BCUT2D eigenvalue weighted by Crippen LogP contribution is -2.19. The number of halogens is 1. The largest absolute Gasteiger partial charge is 0.325 e. The Morgan fingerprint density at radius 3 is 2.58 bits per heavy atom. The molecule has 0 bridgehead atoms. The first-order valence-electron chi connectivity index (χ1n) is 7.03. The highest BCUT2D eigenvalue weighted by Crippen LogP contribution is 2.30. The molecule has 1 heterocycles. The molecule has 3 aromatic rings. The normalized spacial score (nSPS) is 10.4. The first kappa shape index (κ1) is 16.8. The summed E-state index contributed by atoms with van der Waals surface area (Å²) >= 11 is 8.98. The predicted molar refractivity (Wildman–Crippen MR) is 100 cm³/mol. The maximum Gasteiger partial charge on any atom is 0.325 e. The van der Waals surface area contributed by atoms with Crippen LogP contribution in [-0.2, 0) is 5.75 Å². The number of thioether (sulfide) groups is 1. The van der Waals surface area contributed by atoms with Crippen molar-refractivity contribution < 1.29 is 4.79 Å². The van der Waals surface area contributed by atoms with Crippen molar-refractivity contribution in [2.45, 2.75) is 10.1 Å². The van der Waals surface area contributed by atoms with E-state index >= 15 is 0 Å². The Hall–Kier alpha value is -2.09. The van der Waals surface area contributed by atoms with Gasteiger partial charge in [-0.1, -0.05) is 71.1 Å². The lowest BCUT2D eigenvalue weighted by molar-refractivity contribution is 0.262. The smallest absolute Gasteiger partial charge is 0.308 e. The van der Waals surface area contributed by atoms with Gasteiger partial charge in [-0.25, -0.2) is 4.79 Å². The molecule has 2 aromatic carbocycles. The Kier molecular flexibility index (Phi) is 5.68. The second kappa shape index (κ2) is 8.14. The van der Waals surface area contributed by atoms with Crippen molar-refractivity contribution in [1.82, 2.24) is 10.2 Å². The maximum atomic E-state index is 11.9. The molecule has 0 radical (unpaired) electrons. The predicted octanol–water partition coefficient (Wildman–Crippen LogP) is 5.13. The summed E-state index contributed by atoms with van der Waals surface area (Å²) in [6, 6.07) is 16.5. The van der Waals surface area contributed by atoms with Crippen molar-refractivity contribution in [3.05, 3.63) is 65.2 Å². The number of benzene rings is 2. The third kappa shape index (κ3) is 4.70. The molecular formula is C16H13ClN4OS2. The van der Waals surface area contributed by atoms with Gasteiger partial charge < -0.3 is 5.32 Å². The van der Waals surface area contributed by atoms with Crippen LogP contribution in [0.25, 0.3) is 0 Å². The Morgan fingerprint density at radius 1 is 1.04 bits per heavy atom. The van der Waals surface area contributed by atoms with Crippen molar-refractivity contribution in [3.8, 4) is 0 Å². The second-order valence-corrected chi connectivity index (χ2v) is 7.31. The minimum Gasteiger partial charge on any atom is -0.308 e. The highest BCUT2D eigenvalue weighted by atomic mass is 35.5. The van der Waals surface area contributed by atoms with Gasteiger partial charge >= 0.3 is 6.03 Å². The zero-order chi connectivity index (χ0) is 16.8. The fourth-order valence-electron chi connectivity index (χ4n) is 1.85. The van der Waals surface area contributed by atoms with Crippen LogP contribution >= 0.6 is 34.7 Å². The molecule has 0 spiro atoms. The summed E-state index contributed by atoms with van der Waals surface area (Å²) in [5.41, 5.74) is 1.75. The van der Waals surface area contributed by atoms with E-state index in [1.165, 1.54) is 23.1 Å². The van der Waals surface area contributed by atoms with Crippen molar-refractivity contribution in [2.75, 3.05) is 10.6 Å². The number of amides is 2. The summed E-state index contributed by atoms with van der Waals surface area (Å²) in [7, 11) is 0. The van der Waals surface area contributed by atoms with E-state index in [-0.39, 0.29) is 6.03 Å². The Labute approximate surface area is 152 Å². The number of nitrogens with one attached hydrogen (secondary N) is 2. The number of carbonyl (C=O) groups excluding carboxylic acids is 1. The molecule has 2 N–H and O–H groups in total. The van der Waals surface area contributed by atoms with Crippen LogP contribution in [0.2, 0.25) is 5.02 Å². The molecule has 0 saturated carbocycles. The van der Waals surface area contributed by atoms with Gasteiger partial charge in [-0.05, 0) is 23.8 Å². The zero-order valence-electron chi connectivity index (χ0n) is 12.4. The van der Waals surface area contributed by atoms with Crippen molar-refractivity contribution in [3.63, 3.8) is 0 Å². The molecule has 0 unspecified atom stereocenters. The van der Waals surface area contributed by atoms with Gasteiger partial charge in [-0.3, -0.25) is 5.32 Å². The summed E-state index contributed by atoms with van der Waals surface area (Å²) in [6.45, 7) is 0. The molecule has 8 heteroatoms. The summed E-state index contributed by atoms with van der Waals surface area (Å²) < 4.78 is 0.768. The maximum absolute atomic E-state index is 11.9. The fraction of sp³-hybridized carbons (Fsp3) is 0.0625. The number of rotatable bonds is 5. The molecule has 2 amide bonds. The molecule has 3 rings (SSSR count). The number of hydrogen-bond acceptors (Lipinski definition) is 5. The molecule has 24 heavy (non-hydrogen) atoms. The Balaban J connectivity index is 1.54. The van der Waals surface area contributed by atoms with Crippen LogP contribution < -0.4 is 10.6 Å². The Morgan fingerprint density at radius 2 is 1.79 bits per heavy atom. The number of carbonyl (C=O) groups is 1. The lowest BCUT2D eigenvalue weighted by Gasteiger charge is -2.04. The van der Waals surface area contributed by atoms with E-state index < -0.39 is 0 Å². The fourth-order valence-corrected chi connectivity index (χ4v) is 3.89. The summed E-state index contributed by atoms with van der Waals surface area (Å²) in [4.78, 5) is 11.9. The van der Waals surface area contributed by atoms with Crippen LogP contribution in [0, 0.1) is 0 Å². The third-order valence-corrected chi connectivity index (χ3v) is 5.36. The number of anilines is 2. The van der Waals surface area contributed by atoms with Gasteiger partial charge in [0.15, 0.2) is 4.34 Å². The summed E-state index contributed by atoms with van der Waals surface area (Å²) in [6.07, 6.45) is 0. The van der Waals surface area contributed by atoms with E-state index in [0.29, 0.717) is 16.6 Å². The van der Waals surface area contributed by atoms with Crippen LogP contribution in [0.15, 0.2) is 58.9 Å². The minimum absolute atomic E-state index is 0.347. The van der Waals surface area contributed by atoms with Crippen molar-refractivity contribution in [2.24, 2.45) is 0 Å². The van der Waals surface area contributed by atoms with E-state index in [4.69, 9.17) is 11.6 Å². The van der Waals surface area contributed by atoms with Crippen molar-refractivity contribution >= 4 is 51.5 Å². The zero-order valence-corrected chi connectivity index (χ0v) is 14.8. The second-order valence-electron chi connectivity index (χ2n) is 4.70. The number of para-hydroxylation sites is 1. The summed E-state index contributed by atoms with van der Waals surface area (Å²) in [5, 5.41) is 14.6. The SMILES string of the molecule is O=C(Nc1ccccc1)Nc1nnc(SCc2ccccc2Cl)s1. The molecule has 0 fully saturated rings. The van der Waals surface area contributed by atoms with Crippen LogP contribution in [0.3, 0.4) is 0 Å². The van der Waals surface area contributed by atoms with Crippen LogP contribution in [-0.4, -0.2) is 16.2 Å².